The molecule has 184 valence electrons. The average Bonchev–Trinajstić information content (AvgIpc) is 3.11. The van der Waals surface area contributed by atoms with E-state index in [1.807, 2.05) is 6.92 Å². The van der Waals surface area contributed by atoms with Crippen molar-refractivity contribution in [2.45, 2.75) is 45.8 Å². The molecule has 34 heavy (non-hydrogen) atoms. The van der Waals surface area contributed by atoms with Gasteiger partial charge in [0, 0.05) is 32.8 Å². The molecule has 2 aromatic carbocycles. The van der Waals surface area contributed by atoms with Gasteiger partial charge in [0.25, 0.3) is 0 Å². The molecule has 0 fully saturated rings. The van der Waals surface area contributed by atoms with E-state index in [0.717, 1.165) is 30.5 Å². The van der Waals surface area contributed by atoms with E-state index in [-0.39, 0.29) is 5.82 Å². The predicted octanol–water partition coefficient (Wildman–Crippen LogP) is 5.25. The molecular weight excluding hydrogens is 440 g/mol. The number of nitrogens with zero attached hydrogens (tertiary/aromatic N) is 3. The van der Waals surface area contributed by atoms with Crippen molar-refractivity contribution in [2.75, 3.05) is 26.8 Å². The fourth-order valence-electron chi connectivity index (χ4n) is 3.73. The maximum Gasteiger partial charge on any atom is 0.227 e. The van der Waals surface area contributed by atoms with Crippen LogP contribution in [0.1, 0.15) is 37.4 Å². The molecule has 1 atom stereocenters. The second kappa shape index (κ2) is 12.6. The lowest BCUT2D eigenvalue weighted by atomic mass is 10.1. The molecule has 3 aromatic rings. The number of halogens is 2. The minimum absolute atomic E-state index is 0.330. The topological polar surface area (TPSA) is 59.8 Å². The molecule has 0 unspecified atom stereocenters. The number of ether oxygens (including phenoxy) is 2. The highest BCUT2D eigenvalue weighted by atomic mass is 19.1. The first kappa shape index (κ1) is 25.8. The van der Waals surface area contributed by atoms with Crippen LogP contribution in [0.3, 0.4) is 0 Å². The van der Waals surface area contributed by atoms with E-state index < -0.39 is 11.9 Å². The smallest absolute Gasteiger partial charge is 0.227 e. The van der Waals surface area contributed by atoms with Crippen LogP contribution in [0.2, 0.25) is 0 Å². The Morgan fingerprint density at radius 3 is 2.56 bits per heavy atom. The Kier molecular flexibility index (Phi) is 9.56. The number of hydrogen-bond acceptors (Lipinski definition) is 5. The van der Waals surface area contributed by atoms with E-state index in [1.165, 1.54) is 24.3 Å². The van der Waals surface area contributed by atoms with Gasteiger partial charge in [0.2, 0.25) is 5.88 Å². The van der Waals surface area contributed by atoms with Gasteiger partial charge in [-0.2, -0.15) is 5.10 Å². The normalized spacial score (nSPS) is 12.3. The van der Waals surface area contributed by atoms with Crippen molar-refractivity contribution in [1.82, 2.24) is 14.7 Å². The van der Waals surface area contributed by atoms with Gasteiger partial charge in [-0.1, -0.05) is 25.8 Å². The lowest BCUT2D eigenvalue weighted by Crippen LogP contribution is -2.34. The van der Waals surface area contributed by atoms with Crippen LogP contribution in [-0.4, -0.2) is 52.7 Å². The summed E-state index contributed by atoms with van der Waals surface area (Å²) in [6.07, 6.45) is 2.23. The lowest BCUT2D eigenvalue weighted by Gasteiger charge is -2.25. The van der Waals surface area contributed by atoms with Gasteiger partial charge in [0.15, 0.2) is 0 Å². The molecule has 0 saturated carbocycles. The molecule has 1 N–H and O–H groups in total. The molecule has 0 aliphatic carbocycles. The summed E-state index contributed by atoms with van der Waals surface area (Å²) >= 11 is 0. The molecule has 1 heterocycles. The van der Waals surface area contributed by atoms with Gasteiger partial charge in [0.05, 0.1) is 29.7 Å². The van der Waals surface area contributed by atoms with E-state index >= 15 is 0 Å². The van der Waals surface area contributed by atoms with Crippen molar-refractivity contribution in [2.24, 2.45) is 0 Å². The van der Waals surface area contributed by atoms with Crippen LogP contribution in [0.4, 0.5) is 8.78 Å². The summed E-state index contributed by atoms with van der Waals surface area (Å²) in [7, 11) is 1.64. The molecule has 3 rings (SSSR count). The van der Waals surface area contributed by atoms with Gasteiger partial charge in [-0.3, -0.25) is 4.90 Å². The number of aromatic nitrogens is 2. The minimum Gasteiger partial charge on any atom is -0.438 e. The first-order valence-electron chi connectivity index (χ1n) is 11.6. The second-order valence-electron chi connectivity index (χ2n) is 8.34. The largest absolute Gasteiger partial charge is 0.438 e. The molecule has 6 nitrogen and oxygen atoms in total. The number of aliphatic hydroxyl groups excluding tert-OH is 1. The third-order valence-electron chi connectivity index (χ3n) is 5.57. The Bertz CT molecular complexity index is 1040. The first-order valence-corrected chi connectivity index (χ1v) is 11.6. The Hall–Kier alpha value is -2.81. The average molecular weight is 474 g/mol. The van der Waals surface area contributed by atoms with Crippen molar-refractivity contribution in [3.63, 3.8) is 0 Å². The van der Waals surface area contributed by atoms with E-state index in [9.17, 15) is 13.9 Å². The third kappa shape index (κ3) is 7.09. The van der Waals surface area contributed by atoms with E-state index in [4.69, 9.17) is 9.47 Å². The number of benzene rings is 2. The highest BCUT2D eigenvalue weighted by molar-refractivity contribution is 5.43. The summed E-state index contributed by atoms with van der Waals surface area (Å²) in [4.78, 5) is 2.10. The Morgan fingerprint density at radius 2 is 1.88 bits per heavy atom. The number of rotatable bonds is 13. The van der Waals surface area contributed by atoms with Gasteiger partial charge in [0.1, 0.15) is 17.4 Å². The van der Waals surface area contributed by atoms with Crippen LogP contribution in [-0.2, 0) is 11.3 Å². The zero-order valence-corrected chi connectivity index (χ0v) is 20.0. The van der Waals surface area contributed by atoms with Crippen molar-refractivity contribution >= 4 is 0 Å². The second-order valence-corrected chi connectivity index (χ2v) is 8.34. The number of unbranched alkanes of at least 4 members (excludes halogenated alkanes) is 1. The predicted molar refractivity (Wildman–Crippen MR) is 127 cm³/mol. The SMILES string of the molecule is CCCC[C@@H](O)CN(CCOC)Cc1c(C)nn(-c2ccc(F)cc2)c1Oc1cccc(F)c1. The molecular formula is C26H33F2N3O3. The fourth-order valence-corrected chi connectivity index (χ4v) is 3.73. The minimum atomic E-state index is -0.461. The number of hydrogen-bond donors (Lipinski definition) is 1. The summed E-state index contributed by atoms with van der Waals surface area (Å²) < 4.78 is 40.4. The first-order chi connectivity index (χ1) is 16.4. The van der Waals surface area contributed by atoms with Gasteiger partial charge in [-0.25, -0.2) is 13.5 Å². The van der Waals surface area contributed by atoms with Gasteiger partial charge >= 0.3 is 0 Å². The molecule has 0 radical (unpaired) electrons. The molecule has 0 amide bonds. The quantitative estimate of drug-likeness (QED) is 0.367. The van der Waals surface area contributed by atoms with Crippen LogP contribution in [0.15, 0.2) is 48.5 Å². The highest BCUT2D eigenvalue weighted by Crippen LogP contribution is 2.32. The van der Waals surface area contributed by atoms with Crippen molar-refractivity contribution in [1.29, 1.82) is 0 Å². The van der Waals surface area contributed by atoms with E-state index in [2.05, 4.69) is 16.9 Å². The van der Waals surface area contributed by atoms with Crippen molar-refractivity contribution in [3.05, 3.63) is 71.4 Å². The van der Waals surface area contributed by atoms with Crippen LogP contribution in [0, 0.1) is 18.6 Å². The zero-order chi connectivity index (χ0) is 24.5. The number of aliphatic hydroxyl groups is 1. The number of methoxy groups -OCH3 is 1. The van der Waals surface area contributed by atoms with Gasteiger partial charge in [-0.05, 0) is 49.7 Å². The van der Waals surface area contributed by atoms with E-state index in [0.29, 0.717) is 43.6 Å². The Labute approximate surface area is 199 Å². The monoisotopic (exact) mass is 473 g/mol. The molecule has 0 aliphatic rings. The summed E-state index contributed by atoms with van der Waals surface area (Å²) in [5.41, 5.74) is 2.14. The third-order valence-corrected chi connectivity index (χ3v) is 5.57. The molecule has 0 bridgehead atoms. The van der Waals surface area contributed by atoms with Crippen molar-refractivity contribution < 1.29 is 23.4 Å². The molecule has 1 aromatic heterocycles. The molecule has 0 saturated heterocycles. The van der Waals surface area contributed by atoms with Crippen molar-refractivity contribution in [3.8, 4) is 17.3 Å². The lowest BCUT2D eigenvalue weighted by molar-refractivity contribution is 0.0786. The van der Waals surface area contributed by atoms with Crippen LogP contribution < -0.4 is 4.74 Å². The standard InChI is InChI=1S/C26H33F2N3O3/c1-4-5-8-23(32)17-30(14-15-33-3)18-25-19(2)29-31(22-12-10-20(27)11-13-22)26(25)34-24-9-6-7-21(28)16-24/h6-7,9-13,16,23,32H,4-5,8,14-15,17-18H2,1-3H3/t23-/m1/s1. The van der Waals surface area contributed by atoms with E-state index in [1.54, 1.807) is 36.1 Å². The zero-order valence-electron chi connectivity index (χ0n) is 20.0. The summed E-state index contributed by atoms with van der Waals surface area (Å²) in [5.74, 6) is -0.0206. The number of aryl methyl sites for hydroxylation is 1. The van der Waals surface area contributed by atoms with Crippen LogP contribution in [0.25, 0.3) is 5.69 Å². The summed E-state index contributed by atoms with van der Waals surface area (Å²) in [6, 6.07) is 11.8. The maximum absolute atomic E-state index is 13.8. The van der Waals surface area contributed by atoms with Gasteiger partial charge in [-0.15, -0.1) is 0 Å². The Morgan fingerprint density at radius 1 is 1.12 bits per heavy atom. The molecule has 0 aliphatic heterocycles. The molecule has 0 spiro atoms. The maximum atomic E-state index is 13.8. The van der Waals surface area contributed by atoms with Gasteiger partial charge < -0.3 is 14.6 Å². The fraction of sp³-hybridized carbons (Fsp3) is 0.423. The van der Waals surface area contributed by atoms with Crippen LogP contribution >= 0.6 is 0 Å². The Balaban J connectivity index is 1.97. The van der Waals surface area contributed by atoms with Crippen LogP contribution in [0.5, 0.6) is 11.6 Å². The highest BCUT2D eigenvalue weighted by Gasteiger charge is 2.23. The summed E-state index contributed by atoms with van der Waals surface area (Å²) in [5, 5.41) is 15.2. The molecule has 8 heteroatoms. The summed E-state index contributed by atoms with van der Waals surface area (Å²) in [6.45, 7) is 6.01.